The lowest BCUT2D eigenvalue weighted by Crippen LogP contribution is -2.42. The number of nitrogens with zero attached hydrogens (tertiary/aromatic N) is 3. The van der Waals surface area contributed by atoms with Crippen molar-refractivity contribution in [1.29, 1.82) is 0 Å². The Kier molecular flexibility index (Phi) is 7.88. The quantitative estimate of drug-likeness (QED) is 0.432. The molecule has 0 bridgehead atoms. The molecule has 8 nitrogen and oxygen atoms in total. The Hall–Kier alpha value is -3.07. The standard InChI is InChI=1S/C26H28Cl2N4O4/c1-15-12-23-20(14-31(15)25(33)18-6-9-21(27)22(28)13-18)24(26(34)35)32(30-23)11-10-29-16(2)17-4-7-19(36-3)8-5-17/h4-9,13,15-16,29H,10-12,14H2,1-3H3,(H,34,35)/t15-,16+/m1/s1. The lowest BCUT2D eigenvalue weighted by Gasteiger charge is -2.33. The average molecular weight is 531 g/mol. The number of aromatic nitrogens is 2. The first kappa shape index (κ1) is 26.0. The first-order valence-electron chi connectivity index (χ1n) is 11.6. The predicted octanol–water partition coefficient (Wildman–Crippen LogP) is 4.83. The van der Waals surface area contributed by atoms with E-state index in [0.29, 0.717) is 46.4 Å². The molecule has 2 atom stereocenters. The van der Waals surface area contributed by atoms with Crippen LogP contribution in [-0.2, 0) is 19.5 Å². The minimum absolute atomic E-state index is 0.0636. The minimum Gasteiger partial charge on any atom is -0.497 e. The normalized spacial score (nSPS) is 15.9. The summed E-state index contributed by atoms with van der Waals surface area (Å²) in [6, 6.07) is 12.4. The number of methoxy groups -OCH3 is 1. The van der Waals surface area contributed by atoms with Crippen LogP contribution in [0.15, 0.2) is 42.5 Å². The van der Waals surface area contributed by atoms with Gasteiger partial charge >= 0.3 is 5.97 Å². The number of ether oxygens (including phenoxy) is 1. The third-order valence-electron chi connectivity index (χ3n) is 6.50. The van der Waals surface area contributed by atoms with Crippen molar-refractivity contribution in [3.05, 3.63) is 80.6 Å². The van der Waals surface area contributed by atoms with Gasteiger partial charge in [0.2, 0.25) is 0 Å². The van der Waals surface area contributed by atoms with E-state index >= 15 is 0 Å². The maximum absolute atomic E-state index is 13.2. The first-order chi connectivity index (χ1) is 17.2. The summed E-state index contributed by atoms with van der Waals surface area (Å²) in [5.74, 6) is -0.505. The highest BCUT2D eigenvalue weighted by molar-refractivity contribution is 6.42. The number of amides is 1. The van der Waals surface area contributed by atoms with E-state index in [9.17, 15) is 14.7 Å². The van der Waals surface area contributed by atoms with Gasteiger partial charge in [0.05, 0.1) is 35.9 Å². The van der Waals surface area contributed by atoms with Crippen LogP contribution in [-0.4, -0.2) is 51.4 Å². The lowest BCUT2D eigenvalue weighted by atomic mass is 9.98. The van der Waals surface area contributed by atoms with Gasteiger partial charge < -0.3 is 20.1 Å². The molecule has 0 unspecified atom stereocenters. The molecule has 190 valence electrons. The Bertz CT molecular complexity index is 1280. The van der Waals surface area contributed by atoms with Crippen LogP contribution in [0.2, 0.25) is 10.0 Å². The zero-order chi connectivity index (χ0) is 26.0. The monoisotopic (exact) mass is 530 g/mol. The van der Waals surface area contributed by atoms with Gasteiger partial charge in [0.15, 0.2) is 5.69 Å². The van der Waals surface area contributed by atoms with Crippen molar-refractivity contribution in [3.8, 4) is 5.75 Å². The molecular formula is C26H28Cl2N4O4. The van der Waals surface area contributed by atoms with Crippen LogP contribution in [0.25, 0.3) is 0 Å². The molecule has 10 heteroatoms. The molecule has 0 saturated heterocycles. The maximum atomic E-state index is 13.2. The molecule has 0 aliphatic carbocycles. The number of halogens is 2. The van der Waals surface area contributed by atoms with Crippen molar-refractivity contribution in [2.24, 2.45) is 0 Å². The highest BCUT2D eigenvalue weighted by atomic mass is 35.5. The summed E-state index contributed by atoms with van der Waals surface area (Å²) in [6.07, 6.45) is 0.464. The summed E-state index contributed by atoms with van der Waals surface area (Å²) >= 11 is 12.1. The molecule has 2 N–H and O–H groups in total. The highest BCUT2D eigenvalue weighted by Crippen LogP contribution is 2.29. The van der Waals surface area contributed by atoms with Crippen LogP contribution in [0.4, 0.5) is 0 Å². The maximum Gasteiger partial charge on any atom is 0.354 e. The number of nitrogens with one attached hydrogen (secondary N) is 1. The molecule has 0 radical (unpaired) electrons. The van der Waals surface area contributed by atoms with Crippen molar-refractivity contribution in [1.82, 2.24) is 20.0 Å². The number of aromatic carboxylic acids is 1. The Morgan fingerprint density at radius 2 is 1.92 bits per heavy atom. The minimum atomic E-state index is -1.07. The SMILES string of the molecule is COc1ccc([C@H](C)NCCn2nc3c(c2C(=O)O)CN(C(=O)c2ccc(Cl)c(Cl)c2)[C@H](C)C3)cc1. The summed E-state index contributed by atoms with van der Waals surface area (Å²) in [6.45, 7) is 5.03. The van der Waals surface area contributed by atoms with Gasteiger partial charge in [0.1, 0.15) is 5.75 Å². The summed E-state index contributed by atoms with van der Waals surface area (Å²) in [5, 5.41) is 18.7. The number of carboxylic acids is 1. The molecule has 1 amide bonds. The average Bonchev–Trinajstić information content (AvgIpc) is 3.21. The fourth-order valence-corrected chi connectivity index (χ4v) is 4.76. The van der Waals surface area contributed by atoms with E-state index in [0.717, 1.165) is 11.3 Å². The van der Waals surface area contributed by atoms with Crippen LogP contribution in [0, 0.1) is 0 Å². The number of rotatable bonds is 8. The van der Waals surface area contributed by atoms with Gasteiger partial charge in [-0.25, -0.2) is 4.79 Å². The zero-order valence-electron chi connectivity index (χ0n) is 20.3. The second kappa shape index (κ2) is 10.9. The Morgan fingerprint density at radius 3 is 2.56 bits per heavy atom. The number of hydrogen-bond acceptors (Lipinski definition) is 5. The molecule has 4 rings (SSSR count). The molecule has 2 aromatic carbocycles. The summed E-state index contributed by atoms with van der Waals surface area (Å²) in [5.41, 5.74) is 2.89. The smallest absolute Gasteiger partial charge is 0.354 e. The Morgan fingerprint density at radius 1 is 1.19 bits per heavy atom. The lowest BCUT2D eigenvalue weighted by molar-refractivity contribution is 0.0634. The van der Waals surface area contributed by atoms with Crippen molar-refractivity contribution < 1.29 is 19.4 Å². The molecular weight excluding hydrogens is 503 g/mol. The molecule has 0 spiro atoms. The second-order valence-corrected chi connectivity index (χ2v) is 9.68. The van der Waals surface area contributed by atoms with E-state index in [4.69, 9.17) is 27.9 Å². The van der Waals surface area contributed by atoms with Crippen molar-refractivity contribution in [3.63, 3.8) is 0 Å². The molecule has 1 aliphatic heterocycles. The predicted molar refractivity (Wildman–Crippen MR) is 138 cm³/mol. The number of hydrogen-bond donors (Lipinski definition) is 2. The number of fused-ring (bicyclic) bond motifs is 1. The van der Waals surface area contributed by atoms with Gasteiger partial charge in [-0.3, -0.25) is 9.48 Å². The number of benzene rings is 2. The molecule has 0 fully saturated rings. The Balaban J connectivity index is 1.49. The van der Waals surface area contributed by atoms with E-state index in [1.54, 1.807) is 24.1 Å². The molecule has 1 aliphatic rings. The topological polar surface area (TPSA) is 96.7 Å². The molecule has 3 aromatic rings. The van der Waals surface area contributed by atoms with Crippen LogP contribution >= 0.6 is 23.2 Å². The fraction of sp³-hybridized carbons (Fsp3) is 0.346. The van der Waals surface area contributed by atoms with E-state index in [1.807, 2.05) is 38.1 Å². The first-order valence-corrected chi connectivity index (χ1v) is 12.4. The van der Waals surface area contributed by atoms with Gasteiger partial charge in [-0.1, -0.05) is 35.3 Å². The van der Waals surface area contributed by atoms with Crippen LogP contribution in [0.3, 0.4) is 0 Å². The number of carbonyl (C=O) groups excluding carboxylic acids is 1. The summed E-state index contributed by atoms with van der Waals surface area (Å²) in [7, 11) is 1.63. The third-order valence-corrected chi connectivity index (χ3v) is 7.24. The number of carbonyl (C=O) groups is 2. The van der Waals surface area contributed by atoms with Crippen LogP contribution < -0.4 is 10.1 Å². The van der Waals surface area contributed by atoms with Gasteiger partial charge in [0.25, 0.3) is 5.91 Å². The largest absolute Gasteiger partial charge is 0.497 e. The van der Waals surface area contributed by atoms with Gasteiger partial charge in [-0.05, 0) is 49.7 Å². The molecule has 1 aromatic heterocycles. The van der Waals surface area contributed by atoms with Gasteiger partial charge in [-0.15, -0.1) is 0 Å². The van der Waals surface area contributed by atoms with Crippen LogP contribution in [0.1, 0.15) is 57.6 Å². The highest BCUT2D eigenvalue weighted by Gasteiger charge is 2.34. The Labute approximate surface area is 219 Å². The molecule has 36 heavy (non-hydrogen) atoms. The third kappa shape index (κ3) is 5.36. The molecule has 2 heterocycles. The van der Waals surface area contributed by atoms with Gasteiger partial charge in [-0.2, -0.15) is 5.10 Å². The van der Waals surface area contributed by atoms with E-state index in [-0.39, 0.29) is 30.2 Å². The summed E-state index contributed by atoms with van der Waals surface area (Å²) in [4.78, 5) is 27.1. The molecule has 0 saturated carbocycles. The zero-order valence-corrected chi connectivity index (χ0v) is 21.8. The van der Waals surface area contributed by atoms with Gasteiger partial charge in [0, 0.05) is 36.2 Å². The van der Waals surface area contributed by atoms with E-state index < -0.39 is 5.97 Å². The fourth-order valence-electron chi connectivity index (χ4n) is 4.46. The van der Waals surface area contributed by atoms with E-state index in [2.05, 4.69) is 10.4 Å². The van der Waals surface area contributed by atoms with Crippen LogP contribution in [0.5, 0.6) is 5.75 Å². The van der Waals surface area contributed by atoms with Crippen molar-refractivity contribution in [2.75, 3.05) is 13.7 Å². The number of carboxylic acid groups (broad SMARTS) is 1. The van der Waals surface area contributed by atoms with Crippen molar-refractivity contribution in [2.45, 2.75) is 45.4 Å². The second-order valence-electron chi connectivity index (χ2n) is 8.87. The van der Waals surface area contributed by atoms with E-state index in [1.165, 1.54) is 10.7 Å². The van der Waals surface area contributed by atoms with Crippen molar-refractivity contribution >= 4 is 35.1 Å². The summed E-state index contributed by atoms with van der Waals surface area (Å²) < 4.78 is 6.73.